The van der Waals surface area contributed by atoms with Gasteiger partial charge in [-0.1, -0.05) is 24.1 Å². The zero-order valence-corrected chi connectivity index (χ0v) is 15.5. The molecule has 0 unspecified atom stereocenters. The lowest BCUT2D eigenvalue weighted by Gasteiger charge is -2.29. The van der Waals surface area contributed by atoms with Crippen LogP contribution >= 0.6 is 0 Å². The number of carbonyl (C=O) groups excluding carboxylic acids is 1. The summed E-state index contributed by atoms with van der Waals surface area (Å²) in [6, 6.07) is 12.3. The van der Waals surface area contributed by atoms with E-state index in [1.807, 2.05) is 25.1 Å². The smallest absolute Gasteiger partial charge is 0.264 e. The number of ketones is 1. The number of rotatable bonds is 3. The molecule has 0 fully saturated rings. The van der Waals surface area contributed by atoms with E-state index in [1.54, 1.807) is 24.3 Å². The van der Waals surface area contributed by atoms with E-state index in [4.69, 9.17) is 0 Å². The lowest BCUT2D eigenvalue weighted by atomic mass is 9.99. The van der Waals surface area contributed by atoms with Crippen molar-refractivity contribution in [1.82, 2.24) is 0 Å². The summed E-state index contributed by atoms with van der Waals surface area (Å²) in [7, 11) is -3.62. The molecule has 0 spiro atoms. The molecule has 2 aromatic rings. The van der Waals surface area contributed by atoms with Crippen molar-refractivity contribution < 1.29 is 13.2 Å². The van der Waals surface area contributed by atoms with Crippen molar-refractivity contribution >= 4 is 21.5 Å². The maximum Gasteiger partial charge on any atom is 0.264 e. The fourth-order valence-electron chi connectivity index (χ4n) is 3.20. The number of fused-ring (bicyclic) bond motifs is 1. The molecule has 1 heterocycles. The number of benzene rings is 2. The van der Waals surface area contributed by atoms with Crippen LogP contribution in [0.5, 0.6) is 0 Å². The van der Waals surface area contributed by atoms with E-state index in [2.05, 4.69) is 0 Å². The standard InChI is InChI=1S/C20H23NO3S/c1-15-7-10-19(11-8-15)25(23,24)21-13-5-3-4-6-18-14-17(16(2)22)9-12-20(18)21/h7-12,14H,3-6,13H2,1-2H3. The highest BCUT2D eigenvalue weighted by Gasteiger charge is 2.27. The van der Waals surface area contributed by atoms with Crippen LogP contribution in [-0.2, 0) is 16.4 Å². The van der Waals surface area contributed by atoms with Crippen molar-refractivity contribution in [3.05, 3.63) is 59.2 Å². The van der Waals surface area contributed by atoms with Gasteiger partial charge in [0.05, 0.1) is 10.6 Å². The van der Waals surface area contributed by atoms with E-state index in [-0.39, 0.29) is 5.78 Å². The first-order valence-corrected chi connectivity index (χ1v) is 10.1. The molecule has 0 N–H and O–H groups in total. The van der Waals surface area contributed by atoms with Gasteiger partial charge in [-0.2, -0.15) is 0 Å². The van der Waals surface area contributed by atoms with Gasteiger partial charge in [0.2, 0.25) is 0 Å². The lowest BCUT2D eigenvalue weighted by molar-refractivity contribution is 0.101. The summed E-state index contributed by atoms with van der Waals surface area (Å²) in [6.45, 7) is 3.93. The van der Waals surface area contributed by atoms with Crippen molar-refractivity contribution in [2.75, 3.05) is 10.8 Å². The van der Waals surface area contributed by atoms with Crippen molar-refractivity contribution in [3.63, 3.8) is 0 Å². The first kappa shape index (κ1) is 17.7. The Kier molecular flexibility index (Phi) is 4.95. The molecule has 3 rings (SSSR count). The van der Waals surface area contributed by atoms with Crippen LogP contribution in [0, 0.1) is 6.92 Å². The highest BCUT2D eigenvalue weighted by atomic mass is 32.2. The van der Waals surface area contributed by atoms with Gasteiger partial charge in [0, 0.05) is 12.1 Å². The minimum Gasteiger partial charge on any atom is -0.295 e. The number of aryl methyl sites for hydroxylation is 2. The van der Waals surface area contributed by atoms with Gasteiger partial charge >= 0.3 is 0 Å². The summed E-state index contributed by atoms with van der Waals surface area (Å²) in [6.07, 6.45) is 3.60. The molecule has 0 aliphatic carbocycles. The number of hydrogen-bond donors (Lipinski definition) is 0. The third kappa shape index (κ3) is 3.61. The molecule has 1 aliphatic heterocycles. The van der Waals surface area contributed by atoms with E-state index in [9.17, 15) is 13.2 Å². The number of sulfonamides is 1. The van der Waals surface area contributed by atoms with Gasteiger partial charge in [0.1, 0.15) is 0 Å². The predicted octanol–water partition coefficient (Wildman–Crippen LogP) is 4.12. The molecule has 5 heteroatoms. The van der Waals surface area contributed by atoms with Gasteiger partial charge in [0.15, 0.2) is 5.78 Å². The predicted molar refractivity (Wildman–Crippen MR) is 99.7 cm³/mol. The second kappa shape index (κ2) is 7.00. The molecular weight excluding hydrogens is 334 g/mol. The molecular formula is C20H23NO3S. The minimum absolute atomic E-state index is 0.00204. The Morgan fingerprint density at radius 2 is 1.72 bits per heavy atom. The van der Waals surface area contributed by atoms with Gasteiger partial charge in [-0.15, -0.1) is 0 Å². The van der Waals surface area contributed by atoms with Crippen LogP contribution in [0.4, 0.5) is 5.69 Å². The van der Waals surface area contributed by atoms with E-state index < -0.39 is 10.0 Å². The van der Waals surface area contributed by atoms with Crippen LogP contribution in [0.25, 0.3) is 0 Å². The largest absolute Gasteiger partial charge is 0.295 e. The molecule has 0 radical (unpaired) electrons. The van der Waals surface area contributed by atoms with Crippen LogP contribution in [0.3, 0.4) is 0 Å². The first-order valence-electron chi connectivity index (χ1n) is 8.63. The number of anilines is 1. The molecule has 132 valence electrons. The fourth-order valence-corrected chi connectivity index (χ4v) is 4.74. The quantitative estimate of drug-likeness (QED) is 0.777. The Balaban J connectivity index is 2.10. The SMILES string of the molecule is CC(=O)c1ccc2c(c1)CCCCCN2S(=O)(=O)c1ccc(C)cc1. The van der Waals surface area contributed by atoms with Gasteiger partial charge < -0.3 is 0 Å². The van der Waals surface area contributed by atoms with Crippen LogP contribution in [0.1, 0.15) is 47.7 Å². The summed E-state index contributed by atoms with van der Waals surface area (Å²) in [5, 5.41) is 0. The first-order chi connectivity index (χ1) is 11.9. The lowest BCUT2D eigenvalue weighted by Crippen LogP contribution is -2.33. The second-order valence-corrected chi connectivity index (χ2v) is 8.46. The van der Waals surface area contributed by atoms with Crippen molar-refractivity contribution in [3.8, 4) is 0 Å². The average molecular weight is 357 g/mol. The maximum absolute atomic E-state index is 13.2. The number of carbonyl (C=O) groups is 1. The Bertz CT molecular complexity index is 886. The van der Waals surface area contributed by atoms with E-state index in [1.165, 1.54) is 11.2 Å². The summed E-state index contributed by atoms with van der Waals surface area (Å²) < 4.78 is 27.9. The van der Waals surface area contributed by atoms with Gasteiger partial charge in [0.25, 0.3) is 10.0 Å². The Morgan fingerprint density at radius 3 is 2.40 bits per heavy atom. The zero-order chi connectivity index (χ0) is 18.0. The van der Waals surface area contributed by atoms with Crippen LogP contribution in [0.15, 0.2) is 47.4 Å². The van der Waals surface area contributed by atoms with Gasteiger partial charge in [-0.3, -0.25) is 9.10 Å². The summed E-state index contributed by atoms with van der Waals surface area (Å²) in [5.41, 5.74) is 3.29. The highest BCUT2D eigenvalue weighted by Crippen LogP contribution is 2.31. The van der Waals surface area contributed by atoms with Gasteiger partial charge in [-0.05, 0) is 69.0 Å². The monoisotopic (exact) mass is 357 g/mol. The third-order valence-corrected chi connectivity index (χ3v) is 6.50. The molecule has 0 aromatic heterocycles. The van der Waals surface area contributed by atoms with Crippen LogP contribution < -0.4 is 4.31 Å². The fraction of sp³-hybridized carbons (Fsp3) is 0.350. The second-order valence-electron chi connectivity index (χ2n) is 6.60. The number of Topliss-reactive ketones (excluding diaryl/α,β-unsaturated/α-hetero) is 1. The van der Waals surface area contributed by atoms with Crippen molar-refractivity contribution in [1.29, 1.82) is 0 Å². The van der Waals surface area contributed by atoms with Crippen LogP contribution in [-0.4, -0.2) is 20.7 Å². The average Bonchev–Trinajstić information content (AvgIpc) is 2.55. The zero-order valence-electron chi connectivity index (χ0n) is 14.7. The summed E-state index contributed by atoms with van der Waals surface area (Å²) in [4.78, 5) is 12.0. The number of hydrogen-bond acceptors (Lipinski definition) is 3. The Morgan fingerprint density at radius 1 is 1.00 bits per heavy atom. The summed E-state index contributed by atoms with van der Waals surface area (Å²) in [5.74, 6) is -0.00204. The number of nitrogens with zero attached hydrogens (tertiary/aromatic N) is 1. The molecule has 2 aromatic carbocycles. The van der Waals surface area contributed by atoms with E-state index >= 15 is 0 Å². The van der Waals surface area contributed by atoms with Crippen molar-refractivity contribution in [2.24, 2.45) is 0 Å². The molecule has 1 aliphatic rings. The van der Waals surface area contributed by atoms with Crippen molar-refractivity contribution in [2.45, 2.75) is 44.4 Å². The Labute approximate surface area is 149 Å². The van der Waals surface area contributed by atoms with Gasteiger partial charge in [-0.25, -0.2) is 8.42 Å². The molecule has 25 heavy (non-hydrogen) atoms. The molecule has 4 nitrogen and oxygen atoms in total. The Hall–Kier alpha value is -2.14. The molecule has 0 bridgehead atoms. The normalized spacial score (nSPS) is 15.2. The maximum atomic E-state index is 13.2. The van der Waals surface area contributed by atoms with E-state index in [0.717, 1.165) is 36.8 Å². The molecule has 0 saturated carbocycles. The van der Waals surface area contributed by atoms with E-state index in [0.29, 0.717) is 22.7 Å². The molecule has 0 atom stereocenters. The third-order valence-electron chi connectivity index (χ3n) is 4.67. The molecule has 0 amide bonds. The molecule has 0 saturated heterocycles. The summed E-state index contributed by atoms with van der Waals surface area (Å²) >= 11 is 0. The minimum atomic E-state index is -3.62. The van der Waals surface area contributed by atoms with Crippen LogP contribution in [0.2, 0.25) is 0 Å². The highest BCUT2D eigenvalue weighted by molar-refractivity contribution is 7.92. The topological polar surface area (TPSA) is 54.5 Å².